The van der Waals surface area contributed by atoms with E-state index in [1.165, 1.54) is 4.90 Å². The molecule has 94 valence electrons. The normalized spacial score (nSPS) is 11.1. The van der Waals surface area contributed by atoms with Crippen molar-refractivity contribution < 1.29 is 9.59 Å². The van der Waals surface area contributed by atoms with Crippen LogP contribution in [0.1, 0.15) is 27.2 Å². The van der Waals surface area contributed by atoms with E-state index in [-0.39, 0.29) is 11.8 Å². The number of likely N-dealkylation sites (N-methyl/N-ethyl adjacent to an activating group) is 1. The van der Waals surface area contributed by atoms with E-state index in [9.17, 15) is 9.59 Å². The number of hydrogen-bond acceptors (Lipinski definition) is 3. The highest BCUT2D eigenvalue weighted by atomic mass is 16.2. The lowest BCUT2D eigenvalue weighted by molar-refractivity contribution is -0.129. The lowest BCUT2D eigenvalue weighted by atomic mass is 10.0. The summed E-state index contributed by atoms with van der Waals surface area (Å²) in [5.74, 6) is -0.0672. The fraction of sp³-hybridized carbons (Fsp3) is 0.818. The maximum Gasteiger partial charge on any atom is 0.239 e. The Kier molecular flexibility index (Phi) is 6.03. The molecule has 0 bridgehead atoms. The average molecular weight is 229 g/mol. The molecule has 2 N–H and O–H groups in total. The van der Waals surface area contributed by atoms with Crippen molar-refractivity contribution in [2.24, 2.45) is 0 Å². The number of carbonyl (C=O) groups is 2. The molecule has 0 spiro atoms. The number of nitrogens with zero attached hydrogens (tertiary/aromatic N) is 1. The average Bonchev–Trinajstić information content (AvgIpc) is 2.16. The Morgan fingerprint density at radius 2 is 1.81 bits per heavy atom. The van der Waals surface area contributed by atoms with Gasteiger partial charge in [-0.05, 0) is 20.4 Å². The van der Waals surface area contributed by atoms with Crippen molar-refractivity contribution in [3.63, 3.8) is 0 Å². The van der Waals surface area contributed by atoms with Crippen LogP contribution in [0, 0.1) is 0 Å². The monoisotopic (exact) mass is 229 g/mol. The second kappa shape index (κ2) is 6.48. The Balaban J connectivity index is 3.94. The zero-order chi connectivity index (χ0) is 12.8. The molecule has 0 radical (unpaired) electrons. The largest absolute Gasteiger partial charge is 0.354 e. The number of rotatable bonds is 6. The minimum atomic E-state index is -0.587. The molecule has 0 aliphatic carbocycles. The topological polar surface area (TPSA) is 61.4 Å². The molecule has 0 heterocycles. The van der Waals surface area contributed by atoms with Gasteiger partial charge in [-0.2, -0.15) is 0 Å². The van der Waals surface area contributed by atoms with Crippen LogP contribution in [-0.2, 0) is 9.59 Å². The molecule has 0 aromatic rings. The second-order valence-electron chi connectivity index (χ2n) is 4.45. The molecule has 0 saturated carbocycles. The summed E-state index contributed by atoms with van der Waals surface area (Å²) in [6, 6.07) is 0. The number of nitrogens with one attached hydrogen (secondary N) is 2. The van der Waals surface area contributed by atoms with Gasteiger partial charge in [0.25, 0.3) is 0 Å². The van der Waals surface area contributed by atoms with Gasteiger partial charge in [-0.1, -0.05) is 6.92 Å². The fourth-order valence-electron chi connectivity index (χ4n) is 1.25. The molecule has 0 aliphatic rings. The maximum atomic E-state index is 11.7. The smallest absolute Gasteiger partial charge is 0.239 e. The number of amides is 2. The quantitative estimate of drug-likeness (QED) is 0.672. The van der Waals surface area contributed by atoms with Gasteiger partial charge >= 0.3 is 0 Å². The lowest BCUT2D eigenvalue weighted by Gasteiger charge is -2.24. The van der Waals surface area contributed by atoms with Crippen molar-refractivity contribution in [3.8, 4) is 0 Å². The summed E-state index contributed by atoms with van der Waals surface area (Å²) in [5, 5.41) is 5.82. The standard InChI is InChI=1S/C11H23N3O2/c1-6-13-11(2,3)10(16)12-8-7-9(15)14(4)5/h13H,6-8H2,1-5H3,(H,12,16). The van der Waals surface area contributed by atoms with Crippen LogP contribution in [0.3, 0.4) is 0 Å². The van der Waals surface area contributed by atoms with E-state index in [0.717, 1.165) is 6.54 Å². The first-order chi connectivity index (χ1) is 7.31. The van der Waals surface area contributed by atoms with Crippen LogP contribution in [0.4, 0.5) is 0 Å². The SMILES string of the molecule is CCNC(C)(C)C(=O)NCCC(=O)N(C)C. The molecule has 0 atom stereocenters. The van der Waals surface area contributed by atoms with Gasteiger partial charge in [-0.3, -0.25) is 9.59 Å². The molecule has 2 amide bonds. The van der Waals surface area contributed by atoms with Crippen LogP contribution in [-0.4, -0.2) is 49.4 Å². The maximum absolute atomic E-state index is 11.7. The third-order valence-electron chi connectivity index (χ3n) is 2.31. The van der Waals surface area contributed by atoms with Gasteiger partial charge in [0.2, 0.25) is 11.8 Å². The molecule has 0 fully saturated rings. The highest BCUT2D eigenvalue weighted by Gasteiger charge is 2.25. The lowest BCUT2D eigenvalue weighted by Crippen LogP contribution is -2.52. The summed E-state index contributed by atoms with van der Waals surface area (Å²) in [5.41, 5.74) is -0.587. The predicted octanol–water partition coefficient (Wildman–Crippen LogP) is -0.0310. The van der Waals surface area contributed by atoms with Crippen molar-refractivity contribution >= 4 is 11.8 Å². The van der Waals surface area contributed by atoms with E-state index in [2.05, 4.69) is 10.6 Å². The molecule has 16 heavy (non-hydrogen) atoms. The highest BCUT2D eigenvalue weighted by molar-refractivity contribution is 5.86. The second-order valence-corrected chi connectivity index (χ2v) is 4.45. The minimum absolute atomic E-state index is 0.0153. The van der Waals surface area contributed by atoms with E-state index in [1.807, 2.05) is 20.8 Å². The Hall–Kier alpha value is -1.10. The Labute approximate surface area is 97.6 Å². The van der Waals surface area contributed by atoms with Crippen LogP contribution in [0.5, 0.6) is 0 Å². The van der Waals surface area contributed by atoms with E-state index in [1.54, 1.807) is 14.1 Å². The zero-order valence-electron chi connectivity index (χ0n) is 10.9. The number of hydrogen-bond donors (Lipinski definition) is 2. The van der Waals surface area contributed by atoms with E-state index in [0.29, 0.717) is 13.0 Å². The third-order valence-corrected chi connectivity index (χ3v) is 2.31. The molecule has 0 unspecified atom stereocenters. The first kappa shape index (κ1) is 14.9. The molecule has 5 nitrogen and oxygen atoms in total. The van der Waals surface area contributed by atoms with Gasteiger partial charge in [0.1, 0.15) is 0 Å². The first-order valence-corrected chi connectivity index (χ1v) is 5.54. The van der Waals surface area contributed by atoms with Crippen molar-refractivity contribution in [3.05, 3.63) is 0 Å². The molecule has 5 heteroatoms. The fourth-order valence-corrected chi connectivity index (χ4v) is 1.25. The van der Waals surface area contributed by atoms with Crippen LogP contribution >= 0.6 is 0 Å². The summed E-state index contributed by atoms with van der Waals surface area (Å²) in [6.07, 6.45) is 0.334. The van der Waals surface area contributed by atoms with Crippen LogP contribution < -0.4 is 10.6 Å². The Morgan fingerprint density at radius 1 is 1.25 bits per heavy atom. The Bertz CT molecular complexity index is 250. The van der Waals surface area contributed by atoms with Gasteiger partial charge in [0.15, 0.2) is 0 Å². The molecule has 0 aliphatic heterocycles. The van der Waals surface area contributed by atoms with Crippen molar-refractivity contribution in [2.45, 2.75) is 32.7 Å². The van der Waals surface area contributed by atoms with Crippen LogP contribution in [0.25, 0.3) is 0 Å². The molecule has 0 aromatic heterocycles. The minimum Gasteiger partial charge on any atom is -0.354 e. The van der Waals surface area contributed by atoms with Crippen LogP contribution in [0.2, 0.25) is 0 Å². The molecule has 0 rings (SSSR count). The van der Waals surface area contributed by atoms with Crippen molar-refractivity contribution in [1.82, 2.24) is 15.5 Å². The van der Waals surface area contributed by atoms with Gasteiger partial charge in [-0.15, -0.1) is 0 Å². The summed E-state index contributed by atoms with van der Waals surface area (Å²) in [7, 11) is 3.40. The predicted molar refractivity (Wildman–Crippen MR) is 64.1 cm³/mol. The van der Waals surface area contributed by atoms with Crippen molar-refractivity contribution in [1.29, 1.82) is 0 Å². The van der Waals surface area contributed by atoms with Gasteiger partial charge < -0.3 is 15.5 Å². The van der Waals surface area contributed by atoms with Gasteiger partial charge in [0.05, 0.1) is 5.54 Å². The summed E-state index contributed by atoms with van der Waals surface area (Å²) in [4.78, 5) is 24.5. The van der Waals surface area contributed by atoms with E-state index >= 15 is 0 Å². The van der Waals surface area contributed by atoms with Gasteiger partial charge in [0, 0.05) is 27.1 Å². The van der Waals surface area contributed by atoms with Gasteiger partial charge in [-0.25, -0.2) is 0 Å². The van der Waals surface area contributed by atoms with E-state index in [4.69, 9.17) is 0 Å². The molecular formula is C11H23N3O2. The van der Waals surface area contributed by atoms with Crippen molar-refractivity contribution in [2.75, 3.05) is 27.2 Å². The zero-order valence-corrected chi connectivity index (χ0v) is 10.9. The molecule has 0 aromatic carbocycles. The third kappa shape index (κ3) is 5.11. The molecular weight excluding hydrogens is 206 g/mol. The summed E-state index contributed by atoms with van der Waals surface area (Å²) >= 11 is 0. The molecule has 0 saturated heterocycles. The first-order valence-electron chi connectivity index (χ1n) is 5.54. The Morgan fingerprint density at radius 3 is 2.25 bits per heavy atom. The highest BCUT2D eigenvalue weighted by Crippen LogP contribution is 2.01. The summed E-state index contributed by atoms with van der Waals surface area (Å²) in [6.45, 7) is 6.70. The van der Waals surface area contributed by atoms with Crippen LogP contribution in [0.15, 0.2) is 0 Å². The number of carbonyl (C=O) groups excluding carboxylic acids is 2. The summed E-state index contributed by atoms with van der Waals surface area (Å²) < 4.78 is 0. The van der Waals surface area contributed by atoms with E-state index < -0.39 is 5.54 Å².